The lowest BCUT2D eigenvalue weighted by molar-refractivity contribution is -0.140. The molecule has 1 saturated carbocycles. The number of carboxylic acid groups (broad SMARTS) is 1. The van der Waals surface area contributed by atoms with Gasteiger partial charge in [-0.15, -0.1) is 0 Å². The van der Waals surface area contributed by atoms with Crippen molar-refractivity contribution in [1.29, 1.82) is 0 Å². The van der Waals surface area contributed by atoms with Gasteiger partial charge in [0.1, 0.15) is 6.04 Å². The highest BCUT2D eigenvalue weighted by Crippen LogP contribution is 2.37. The van der Waals surface area contributed by atoms with Gasteiger partial charge in [-0.3, -0.25) is 10.1 Å². The second-order valence-corrected chi connectivity index (χ2v) is 5.82. The number of imidazole rings is 1. The van der Waals surface area contributed by atoms with Gasteiger partial charge >= 0.3 is 5.97 Å². The number of rotatable bonds is 2. The van der Waals surface area contributed by atoms with Crippen molar-refractivity contribution in [2.75, 3.05) is 0 Å². The molecule has 0 radical (unpaired) electrons. The molecule has 5 nitrogen and oxygen atoms in total. The summed E-state index contributed by atoms with van der Waals surface area (Å²) in [5.41, 5.74) is 2.16. The predicted molar refractivity (Wildman–Crippen MR) is 70.8 cm³/mol. The van der Waals surface area contributed by atoms with E-state index in [1.165, 1.54) is 32.1 Å². The summed E-state index contributed by atoms with van der Waals surface area (Å²) >= 11 is 0. The van der Waals surface area contributed by atoms with E-state index in [0.29, 0.717) is 12.3 Å². The second kappa shape index (κ2) is 4.96. The van der Waals surface area contributed by atoms with Crippen LogP contribution in [0.1, 0.15) is 49.5 Å². The fraction of sp³-hybridized carbons (Fsp3) is 0.714. The average molecular weight is 263 g/mol. The molecule has 1 fully saturated rings. The van der Waals surface area contributed by atoms with Gasteiger partial charge in [-0.05, 0) is 18.8 Å². The molecule has 0 aromatic carbocycles. The van der Waals surface area contributed by atoms with E-state index in [1.807, 2.05) is 17.9 Å². The lowest BCUT2D eigenvalue weighted by Gasteiger charge is -2.36. The predicted octanol–water partition coefficient (Wildman–Crippen LogP) is 1.64. The van der Waals surface area contributed by atoms with Gasteiger partial charge in [-0.25, -0.2) is 4.98 Å². The maximum Gasteiger partial charge on any atom is 0.321 e. The number of aliphatic carboxylic acids is 1. The van der Waals surface area contributed by atoms with Crippen LogP contribution < -0.4 is 5.32 Å². The zero-order valence-electron chi connectivity index (χ0n) is 11.3. The number of aromatic nitrogens is 2. The van der Waals surface area contributed by atoms with Crippen molar-refractivity contribution in [3.63, 3.8) is 0 Å². The quantitative estimate of drug-likeness (QED) is 0.851. The molecule has 104 valence electrons. The Morgan fingerprint density at radius 2 is 2.16 bits per heavy atom. The first-order chi connectivity index (χ1) is 9.16. The van der Waals surface area contributed by atoms with Crippen LogP contribution in [0.15, 0.2) is 6.33 Å². The summed E-state index contributed by atoms with van der Waals surface area (Å²) < 4.78 is 1.97. The van der Waals surface area contributed by atoms with E-state index in [9.17, 15) is 9.90 Å². The third kappa shape index (κ3) is 2.27. The Balaban J connectivity index is 1.91. The number of nitrogens with one attached hydrogen (secondary N) is 1. The first-order valence-corrected chi connectivity index (χ1v) is 7.15. The summed E-state index contributed by atoms with van der Waals surface area (Å²) in [4.78, 5) is 15.8. The summed E-state index contributed by atoms with van der Waals surface area (Å²) in [5.74, 6) is -0.225. The van der Waals surface area contributed by atoms with E-state index < -0.39 is 12.0 Å². The number of hydrogen-bond donors (Lipinski definition) is 2. The highest BCUT2D eigenvalue weighted by molar-refractivity contribution is 5.74. The Bertz CT molecular complexity index is 477. The van der Waals surface area contributed by atoms with E-state index in [0.717, 1.165) is 11.4 Å². The van der Waals surface area contributed by atoms with Crippen molar-refractivity contribution >= 4 is 5.97 Å². The van der Waals surface area contributed by atoms with Gasteiger partial charge < -0.3 is 9.67 Å². The lowest BCUT2D eigenvalue weighted by atomic mass is 9.80. The van der Waals surface area contributed by atoms with E-state index in [-0.39, 0.29) is 6.04 Å². The van der Waals surface area contributed by atoms with Crippen LogP contribution in [0.2, 0.25) is 0 Å². The minimum absolute atomic E-state index is 0.117. The summed E-state index contributed by atoms with van der Waals surface area (Å²) in [6, 6.07) is -0.360. The van der Waals surface area contributed by atoms with Gasteiger partial charge in [0.05, 0.1) is 18.1 Å². The third-order valence-electron chi connectivity index (χ3n) is 4.58. The monoisotopic (exact) mass is 263 g/mol. The summed E-state index contributed by atoms with van der Waals surface area (Å²) in [6.45, 7) is 0. The molecule has 2 heterocycles. The number of hydrogen-bond acceptors (Lipinski definition) is 3. The second-order valence-electron chi connectivity index (χ2n) is 5.82. The molecule has 0 saturated heterocycles. The molecule has 2 atom stereocenters. The van der Waals surface area contributed by atoms with Gasteiger partial charge in [0, 0.05) is 19.2 Å². The maximum atomic E-state index is 11.3. The number of carbonyl (C=O) groups is 1. The standard InChI is InChI=1S/C14H21N3O2/c1-17-8-15-13-11(17)7-10(14(18)19)16-12(13)9-5-3-2-4-6-9/h8-10,12,16H,2-7H2,1H3,(H,18,19). The summed E-state index contributed by atoms with van der Waals surface area (Å²) in [5, 5.41) is 12.6. The number of nitrogens with zero attached hydrogens (tertiary/aromatic N) is 2. The topological polar surface area (TPSA) is 67.2 Å². The van der Waals surface area contributed by atoms with Crippen LogP contribution in [0.25, 0.3) is 0 Å². The molecule has 0 spiro atoms. The molecule has 19 heavy (non-hydrogen) atoms. The largest absolute Gasteiger partial charge is 0.480 e. The van der Waals surface area contributed by atoms with Crippen molar-refractivity contribution in [2.45, 2.75) is 50.6 Å². The molecular weight excluding hydrogens is 242 g/mol. The number of carboxylic acids is 1. The number of fused-ring (bicyclic) bond motifs is 1. The molecule has 3 rings (SSSR count). The first kappa shape index (κ1) is 12.7. The molecule has 1 aromatic heterocycles. The van der Waals surface area contributed by atoms with Crippen LogP contribution in [-0.4, -0.2) is 26.7 Å². The van der Waals surface area contributed by atoms with Crippen molar-refractivity contribution in [3.05, 3.63) is 17.7 Å². The zero-order valence-corrected chi connectivity index (χ0v) is 11.3. The van der Waals surface area contributed by atoms with Gasteiger partial charge in [0.2, 0.25) is 0 Å². The Hall–Kier alpha value is -1.36. The van der Waals surface area contributed by atoms with Crippen LogP contribution in [0.5, 0.6) is 0 Å². The average Bonchev–Trinajstić information content (AvgIpc) is 2.80. The Morgan fingerprint density at radius 1 is 1.42 bits per heavy atom. The molecule has 0 amide bonds. The molecular formula is C14H21N3O2. The van der Waals surface area contributed by atoms with Gasteiger partial charge in [-0.1, -0.05) is 19.3 Å². The molecule has 5 heteroatoms. The minimum atomic E-state index is -0.757. The molecule has 0 bridgehead atoms. The molecule has 2 N–H and O–H groups in total. The van der Waals surface area contributed by atoms with Crippen LogP contribution >= 0.6 is 0 Å². The molecule has 2 aliphatic rings. The fourth-order valence-corrected chi connectivity index (χ4v) is 3.52. The normalized spacial score (nSPS) is 28.1. The highest BCUT2D eigenvalue weighted by atomic mass is 16.4. The van der Waals surface area contributed by atoms with Crippen molar-refractivity contribution in [3.8, 4) is 0 Å². The van der Waals surface area contributed by atoms with Crippen molar-refractivity contribution in [1.82, 2.24) is 14.9 Å². The van der Waals surface area contributed by atoms with Crippen LogP contribution in [-0.2, 0) is 18.3 Å². The van der Waals surface area contributed by atoms with E-state index in [4.69, 9.17) is 0 Å². The Morgan fingerprint density at radius 3 is 2.84 bits per heavy atom. The van der Waals surface area contributed by atoms with Gasteiger partial charge in [0.25, 0.3) is 0 Å². The Kier molecular flexibility index (Phi) is 3.31. The van der Waals surface area contributed by atoms with Crippen molar-refractivity contribution in [2.24, 2.45) is 13.0 Å². The first-order valence-electron chi connectivity index (χ1n) is 7.15. The smallest absolute Gasteiger partial charge is 0.321 e. The highest BCUT2D eigenvalue weighted by Gasteiger charge is 2.37. The Labute approximate surface area is 113 Å². The van der Waals surface area contributed by atoms with E-state index >= 15 is 0 Å². The minimum Gasteiger partial charge on any atom is -0.480 e. The van der Waals surface area contributed by atoms with Gasteiger partial charge in [0.15, 0.2) is 0 Å². The van der Waals surface area contributed by atoms with Crippen molar-refractivity contribution < 1.29 is 9.90 Å². The zero-order chi connectivity index (χ0) is 13.4. The number of aryl methyl sites for hydroxylation is 1. The fourth-order valence-electron chi connectivity index (χ4n) is 3.52. The SMILES string of the molecule is Cn1cnc2c1CC(C(=O)O)NC2C1CCCCC1. The maximum absolute atomic E-state index is 11.3. The summed E-state index contributed by atoms with van der Waals surface area (Å²) in [7, 11) is 1.95. The molecule has 2 unspecified atom stereocenters. The van der Waals surface area contributed by atoms with Gasteiger partial charge in [-0.2, -0.15) is 0 Å². The molecule has 1 aromatic rings. The lowest BCUT2D eigenvalue weighted by Crippen LogP contribution is -2.47. The third-order valence-corrected chi connectivity index (χ3v) is 4.58. The van der Waals surface area contributed by atoms with Crippen LogP contribution in [0, 0.1) is 5.92 Å². The summed E-state index contributed by atoms with van der Waals surface area (Å²) in [6.07, 6.45) is 8.52. The van der Waals surface area contributed by atoms with E-state index in [1.54, 1.807) is 0 Å². The van der Waals surface area contributed by atoms with Crippen LogP contribution in [0.3, 0.4) is 0 Å². The molecule has 1 aliphatic carbocycles. The molecule has 1 aliphatic heterocycles. The van der Waals surface area contributed by atoms with Crippen LogP contribution in [0.4, 0.5) is 0 Å². The van der Waals surface area contributed by atoms with E-state index in [2.05, 4.69) is 10.3 Å².